The van der Waals surface area contributed by atoms with Crippen LogP contribution in [0.2, 0.25) is 0 Å². The number of alkyl halides is 3. The summed E-state index contributed by atoms with van der Waals surface area (Å²) in [4.78, 5) is 27.4. The van der Waals surface area contributed by atoms with Crippen LogP contribution in [0.1, 0.15) is 48.0 Å². The van der Waals surface area contributed by atoms with E-state index < -0.39 is 18.8 Å². The van der Waals surface area contributed by atoms with Crippen molar-refractivity contribution in [3.05, 3.63) is 53.6 Å². The second-order valence-electron chi connectivity index (χ2n) is 10.5. The van der Waals surface area contributed by atoms with E-state index in [1.54, 1.807) is 18.2 Å². The molecule has 1 aromatic heterocycles. The zero-order valence-corrected chi connectivity index (χ0v) is 24.9. The number of carbonyl (C=O) groups excluding carboxylic acids is 1. The molecule has 2 aliphatic rings. The van der Waals surface area contributed by atoms with Gasteiger partial charge in [-0.05, 0) is 82.6 Å². The minimum absolute atomic E-state index is 0.0103. The first-order valence-corrected chi connectivity index (χ1v) is 14.5. The van der Waals surface area contributed by atoms with Crippen LogP contribution < -0.4 is 30.2 Å². The Morgan fingerprint density at radius 2 is 1.70 bits per heavy atom. The van der Waals surface area contributed by atoms with Crippen LogP contribution in [0.5, 0.6) is 17.5 Å². The molecule has 0 unspecified atom stereocenters. The first-order chi connectivity index (χ1) is 21.1. The number of fused-ring (bicyclic) bond motifs is 10. The lowest BCUT2D eigenvalue weighted by molar-refractivity contribution is -0.154. The average molecular weight is 618 g/mol. The average Bonchev–Trinajstić information content (AvgIpc) is 2.98. The molecule has 0 spiro atoms. The fourth-order valence-corrected chi connectivity index (χ4v) is 4.25. The Kier molecular flexibility index (Phi) is 11.8. The predicted molar refractivity (Wildman–Crippen MR) is 160 cm³/mol. The Hall–Kier alpha value is -4.33. The van der Waals surface area contributed by atoms with E-state index in [1.165, 1.54) is 0 Å². The highest BCUT2D eigenvalue weighted by molar-refractivity contribution is 5.97. The van der Waals surface area contributed by atoms with Crippen molar-refractivity contribution in [2.45, 2.75) is 44.8 Å². The number of hydrogen-bond acceptors (Lipinski definition) is 10. The van der Waals surface area contributed by atoms with E-state index in [-0.39, 0.29) is 17.8 Å². The van der Waals surface area contributed by atoms with E-state index in [1.807, 2.05) is 43.3 Å². The van der Waals surface area contributed by atoms with Crippen molar-refractivity contribution in [2.24, 2.45) is 0 Å². The van der Waals surface area contributed by atoms with Crippen LogP contribution in [0.15, 0.2) is 42.5 Å². The molecule has 0 radical (unpaired) electrons. The van der Waals surface area contributed by atoms with Crippen molar-refractivity contribution in [1.82, 2.24) is 25.2 Å². The summed E-state index contributed by atoms with van der Waals surface area (Å²) in [7, 11) is 3.94. The fraction of sp³-hybridized carbons (Fsp3) is 0.467. The maximum Gasteiger partial charge on any atom is 0.422 e. The highest BCUT2D eigenvalue weighted by atomic mass is 19.4. The van der Waals surface area contributed by atoms with Gasteiger partial charge in [0.05, 0.1) is 18.8 Å². The number of nitrogens with zero attached hydrogens (tertiary/aromatic N) is 4. The summed E-state index contributed by atoms with van der Waals surface area (Å²) in [6.07, 6.45) is -0.233. The lowest BCUT2D eigenvalue weighted by Crippen LogP contribution is -2.27. The molecule has 2 aromatic carbocycles. The van der Waals surface area contributed by atoms with Crippen molar-refractivity contribution in [1.29, 1.82) is 0 Å². The molecule has 3 N–H and O–H groups in total. The van der Waals surface area contributed by atoms with E-state index in [2.05, 4.69) is 30.9 Å². The number of hydrogen-bond donors (Lipinski definition) is 3. The third-order valence-corrected chi connectivity index (χ3v) is 6.47. The molecule has 2 aliphatic heterocycles. The van der Waals surface area contributed by atoms with Gasteiger partial charge in [-0.2, -0.15) is 28.1 Å². The van der Waals surface area contributed by atoms with Crippen molar-refractivity contribution < 1.29 is 32.2 Å². The lowest BCUT2D eigenvalue weighted by atomic mass is 10.1. The molecule has 44 heavy (non-hydrogen) atoms. The number of rotatable bonds is 7. The van der Waals surface area contributed by atoms with Gasteiger partial charge in [0, 0.05) is 24.8 Å². The van der Waals surface area contributed by atoms with Gasteiger partial charge in [0.1, 0.15) is 11.5 Å². The largest absolute Gasteiger partial charge is 0.494 e. The summed E-state index contributed by atoms with van der Waals surface area (Å²) in [5.74, 6) is 0.785. The van der Waals surface area contributed by atoms with Gasteiger partial charge < -0.3 is 35.1 Å². The van der Waals surface area contributed by atoms with Crippen LogP contribution in [0.4, 0.5) is 30.8 Å². The number of carbonyl (C=O) groups is 1. The maximum absolute atomic E-state index is 13.0. The van der Waals surface area contributed by atoms with Crippen molar-refractivity contribution in [2.75, 3.05) is 57.6 Å². The van der Waals surface area contributed by atoms with Crippen LogP contribution in [0.25, 0.3) is 0 Å². The van der Waals surface area contributed by atoms with E-state index in [4.69, 9.17) is 14.2 Å². The number of amides is 1. The van der Waals surface area contributed by atoms with Crippen LogP contribution in [-0.4, -0.2) is 78.9 Å². The molecular formula is C30H38F3N7O4. The SMILES string of the molecule is CN(C)CCCNC(=O)c1ccc2cc1OCCCCCCOc1ccc(cc1)CNc1nc(nc(OCC(F)(F)F)n1)N2. The lowest BCUT2D eigenvalue weighted by Gasteiger charge is -2.15. The Bertz CT molecular complexity index is 1360. The van der Waals surface area contributed by atoms with E-state index in [0.717, 1.165) is 50.0 Å². The molecule has 0 atom stereocenters. The molecule has 14 heteroatoms. The Labute approximate surface area is 254 Å². The van der Waals surface area contributed by atoms with Gasteiger partial charge in [-0.3, -0.25) is 4.79 Å². The third kappa shape index (κ3) is 11.1. The van der Waals surface area contributed by atoms with E-state index in [0.29, 0.717) is 43.3 Å². The number of ether oxygens (including phenoxy) is 3. The second kappa shape index (κ2) is 15.9. The van der Waals surface area contributed by atoms with Crippen LogP contribution in [0, 0.1) is 0 Å². The zero-order valence-electron chi connectivity index (χ0n) is 24.9. The smallest absolute Gasteiger partial charge is 0.422 e. The fourth-order valence-electron chi connectivity index (χ4n) is 4.25. The summed E-state index contributed by atoms with van der Waals surface area (Å²) in [5, 5.41) is 8.92. The summed E-state index contributed by atoms with van der Waals surface area (Å²) in [6.45, 7) is 1.04. The monoisotopic (exact) mass is 617 g/mol. The molecule has 3 heterocycles. The molecule has 0 saturated heterocycles. The summed E-state index contributed by atoms with van der Waals surface area (Å²) in [5.41, 5.74) is 1.71. The minimum atomic E-state index is -4.58. The van der Waals surface area contributed by atoms with Gasteiger partial charge in [0.15, 0.2) is 6.61 Å². The molecule has 0 fully saturated rings. The van der Waals surface area contributed by atoms with Gasteiger partial charge in [-0.25, -0.2) is 0 Å². The topological polar surface area (TPSA) is 123 Å². The number of nitrogens with one attached hydrogen (secondary N) is 3. The molecule has 1 amide bonds. The summed E-state index contributed by atoms with van der Waals surface area (Å²) >= 11 is 0. The Morgan fingerprint density at radius 1 is 0.977 bits per heavy atom. The highest BCUT2D eigenvalue weighted by Gasteiger charge is 2.29. The van der Waals surface area contributed by atoms with Gasteiger partial charge >= 0.3 is 12.2 Å². The normalized spacial score (nSPS) is 14.3. The van der Waals surface area contributed by atoms with Crippen LogP contribution in [0.3, 0.4) is 0 Å². The third-order valence-electron chi connectivity index (χ3n) is 6.47. The van der Waals surface area contributed by atoms with E-state index >= 15 is 0 Å². The highest BCUT2D eigenvalue weighted by Crippen LogP contribution is 2.27. The van der Waals surface area contributed by atoms with Gasteiger partial charge in [-0.1, -0.05) is 12.1 Å². The van der Waals surface area contributed by atoms with E-state index in [9.17, 15) is 18.0 Å². The maximum atomic E-state index is 13.0. The molecule has 5 rings (SSSR count). The Morgan fingerprint density at radius 3 is 2.43 bits per heavy atom. The molecular weight excluding hydrogens is 579 g/mol. The first-order valence-electron chi connectivity index (χ1n) is 14.5. The molecule has 3 aromatic rings. The molecule has 6 bridgehead atoms. The number of anilines is 3. The van der Waals surface area contributed by atoms with Crippen molar-refractivity contribution in [3.63, 3.8) is 0 Å². The number of aromatic nitrogens is 3. The molecule has 0 saturated carbocycles. The van der Waals surface area contributed by atoms with Gasteiger partial charge in [-0.15, -0.1) is 0 Å². The second-order valence-corrected chi connectivity index (χ2v) is 10.5. The van der Waals surface area contributed by atoms with Crippen molar-refractivity contribution in [3.8, 4) is 17.5 Å². The van der Waals surface area contributed by atoms with Gasteiger partial charge in [0.25, 0.3) is 5.91 Å². The molecule has 238 valence electrons. The minimum Gasteiger partial charge on any atom is -0.494 e. The number of halogens is 3. The van der Waals surface area contributed by atoms with Crippen LogP contribution in [-0.2, 0) is 6.54 Å². The number of benzene rings is 2. The molecule has 0 aliphatic carbocycles. The molecule has 11 nitrogen and oxygen atoms in total. The summed E-state index contributed by atoms with van der Waals surface area (Å²) < 4.78 is 55.3. The summed E-state index contributed by atoms with van der Waals surface area (Å²) in [6, 6.07) is 11.9. The van der Waals surface area contributed by atoms with Crippen LogP contribution >= 0.6 is 0 Å². The van der Waals surface area contributed by atoms with Crippen molar-refractivity contribution >= 4 is 23.5 Å². The zero-order chi connectivity index (χ0) is 31.4. The van der Waals surface area contributed by atoms with Gasteiger partial charge in [0.2, 0.25) is 11.9 Å². The first kappa shape index (κ1) is 32.6. The standard InChI is InChI=1S/C30H38F3N7O4/c1-40(2)15-7-14-34-26(41)24-13-10-22-18-25(24)43-17-6-4-3-5-16-42-23-11-8-21(9-12-23)19-35-27-37-28(36-22)39-29(38-27)44-20-30(31,32)33/h8-13,18H,3-7,14-17,19-20H2,1-2H3,(H,34,41)(H2,35,36,37,38,39). The predicted octanol–water partition coefficient (Wildman–Crippen LogP) is 5.18. The quantitative estimate of drug-likeness (QED) is 0.306. The Balaban J connectivity index is 1.59.